The maximum absolute atomic E-state index is 12.7. The van der Waals surface area contributed by atoms with Gasteiger partial charge in [0.15, 0.2) is 17.7 Å². The van der Waals surface area contributed by atoms with Gasteiger partial charge in [0.25, 0.3) is 0 Å². The molecular formula is C36H62N7O19P3S. The molecule has 1 saturated heterocycles. The molecule has 1 fully saturated rings. The van der Waals surface area contributed by atoms with Crippen molar-refractivity contribution in [3.8, 4) is 0 Å². The number of aromatic nitrogens is 4. The molecule has 1 aliphatic rings. The van der Waals surface area contributed by atoms with Crippen LogP contribution < -0.4 is 16.4 Å². The Kier molecular flexibility index (Phi) is 23.2. The molecule has 2 amide bonds. The molecule has 11 N–H and O–H groups in total. The molecular weight excluding hydrogens is 959 g/mol. The average molecular weight is 1020 g/mol. The summed E-state index contributed by atoms with van der Waals surface area (Å²) in [6.45, 7) is 2.34. The molecule has 3 heterocycles. The molecule has 2 aromatic heterocycles. The number of imidazole rings is 1. The van der Waals surface area contributed by atoms with Crippen LogP contribution in [-0.4, -0.2) is 134 Å². The van der Waals surface area contributed by atoms with Crippen molar-refractivity contribution in [3.63, 3.8) is 0 Å². The number of phosphoric acid groups is 3. The van der Waals surface area contributed by atoms with Crippen LogP contribution in [0.25, 0.3) is 11.2 Å². The zero-order valence-corrected chi connectivity index (χ0v) is 40.3. The number of nitrogens with two attached hydrogens (primary N) is 1. The van der Waals surface area contributed by atoms with E-state index in [0.29, 0.717) is 6.42 Å². The maximum Gasteiger partial charge on any atom is 0.481 e. The molecule has 1 aliphatic heterocycles. The van der Waals surface area contributed by atoms with Crippen LogP contribution >= 0.6 is 35.2 Å². The Morgan fingerprint density at radius 2 is 1.55 bits per heavy atom. The van der Waals surface area contributed by atoms with Crippen LogP contribution in [0.15, 0.2) is 12.7 Å². The van der Waals surface area contributed by atoms with Gasteiger partial charge in [-0.2, -0.15) is 4.31 Å². The first kappa shape index (κ1) is 57.3. The van der Waals surface area contributed by atoms with Gasteiger partial charge in [0.2, 0.25) is 16.9 Å². The number of fused-ring (bicyclic) bond motifs is 1. The molecule has 8 atom stereocenters. The number of aliphatic hydroxyl groups excluding tert-OH is 2. The Hall–Kier alpha value is -2.97. The summed E-state index contributed by atoms with van der Waals surface area (Å²) in [5.41, 5.74) is 4.21. The number of ether oxygens (including phenoxy) is 1. The zero-order chi connectivity index (χ0) is 49.3. The first-order chi connectivity index (χ1) is 30.9. The molecule has 0 bridgehead atoms. The Bertz CT molecular complexity index is 2060. The SMILES string of the molecule is CCCCCCCCCCCCC(C(=O)O)C(=O)SCCNC(=O)CCNC(=O)[C@H](O)C(C)(C)COP(=O)(O)OP(=O)(O)OC[C@H]1O[C@@H](n2cnc3c(N)ncnc32)[C@H](O)[C@@H]1OP(=O)(O)O. The highest BCUT2D eigenvalue weighted by molar-refractivity contribution is 8.13. The summed E-state index contributed by atoms with van der Waals surface area (Å²) in [6.07, 6.45) is 3.91. The summed E-state index contributed by atoms with van der Waals surface area (Å²) in [7, 11) is -16.5. The fourth-order valence-corrected chi connectivity index (χ4v) is 10.2. The van der Waals surface area contributed by atoms with Crippen LogP contribution in [0.5, 0.6) is 0 Å². The number of anilines is 1. The van der Waals surface area contributed by atoms with Crippen molar-refractivity contribution in [2.24, 2.45) is 11.3 Å². The minimum absolute atomic E-state index is 0.0205. The maximum atomic E-state index is 12.7. The topological polar surface area (TPSA) is 401 Å². The molecule has 0 saturated carbocycles. The van der Waals surface area contributed by atoms with Crippen molar-refractivity contribution in [1.29, 1.82) is 0 Å². The quantitative estimate of drug-likeness (QED) is 0.0286. The number of hydrogen-bond donors (Lipinski definition) is 10. The molecule has 0 aromatic carbocycles. The van der Waals surface area contributed by atoms with Crippen molar-refractivity contribution in [1.82, 2.24) is 30.2 Å². The minimum Gasteiger partial charge on any atom is -0.481 e. The van der Waals surface area contributed by atoms with Gasteiger partial charge < -0.3 is 56.0 Å². The van der Waals surface area contributed by atoms with Gasteiger partial charge in [-0.3, -0.25) is 37.3 Å². The summed E-state index contributed by atoms with van der Waals surface area (Å²) in [5, 5.41) is 35.5. The molecule has 0 spiro atoms. The fourth-order valence-electron chi connectivity index (χ4n) is 6.56. The number of carbonyl (C=O) groups is 4. The molecule has 30 heteroatoms. The minimum atomic E-state index is -5.60. The Labute approximate surface area is 384 Å². The highest BCUT2D eigenvalue weighted by Crippen LogP contribution is 2.61. The van der Waals surface area contributed by atoms with Crippen molar-refractivity contribution in [2.75, 3.05) is 37.8 Å². The monoisotopic (exact) mass is 1020 g/mol. The first-order valence-electron chi connectivity index (χ1n) is 21.2. The molecule has 376 valence electrons. The van der Waals surface area contributed by atoms with E-state index in [4.69, 9.17) is 19.5 Å². The van der Waals surface area contributed by atoms with E-state index >= 15 is 0 Å². The standard InChI is InChI=1S/C36H62N7O19P3S/c1-4-5-6-7-8-9-10-11-12-13-14-23(34(48)49)35(50)66-18-17-38-25(44)15-16-39-32(47)29(46)36(2,3)20-59-65(56,57)62-64(54,55)58-19-24-28(61-63(51,52)53)27(45)33(60-24)43-22-42-26-30(37)40-21-41-31(26)43/h21-24,27-29,33,45-46H,4-20H2,1-3H3,(H,38,44)(H,39,47)(H,48,49)(H,54,55)(H,56,57)(H2,37,40,41)(H2,51,52,53)/t23?,24-,27-,28-,29+,33-/m1/s1. The summed E-state index contributed by atoms with van der Waals surface area (Å²) < 4.78 is 62.3. The highest BCUT2D eigenvalue weighted by atomic mass is 32.2. The van der Waals surface area contributed by atoms with Crippen molar-refractivity contribution < 1.29 is 90.4 Å². The van der Waals surface area contributed by atoms with Gasteiger partial charge in [-0.15, -0.1) is 0 Å². The van der Waals surface area contributed by atoms with Gasteiger partial charge in [-0.1, -0.05) is 96.7 Å². The van der Waals surface area contributed by atoms with Crippen molar-refractivity contribution in [2.45, 2.75) is 128 Å². The molecule has 26 nitrogen and oxygen atoms in total. The fraction of sp³-hybridized carbons (Fsp3) is 0.750. The predicted octanol–water partition coefficient (Wildman–Crippen LogP) is 2.68. The second kappa shape index (κ2) is 26.7. The number of unbranched alkanes of at least 4 members (excludes halogenated alkanes) is 9. The Balaban J connectivity index is 1.39. The van der Waals surface area contributed by atoms with Gasteiger partial charge >= 0.3 is 29.4 Å². The predicted molar refractivity (Wildman–Crippen MR) is 235 cm³/mol. The van der Waals surface area contributed by atoms with Crippen LogP contribution in [0.4, 0.5) is 5.82 Å². The third-order valence-corrected chi connectivity index (χ3v) is 14.3. The number of nitrogens with one attached hydrogen (secondary N) is 2. The van der Waals surface area contributed by atoms with Crippen LogP contribution in [-0.2, 0) is 55.5 Å². The number of thioether (sulfide) groups is 1. The number of phosphoric ester groups is 3. The Morgan fingerprint density at radius 3 is 2.17 bits per heavy atom. The van der Waals surface area contributed by atoms with Gasteiger partial charge in [-0.25, -0.2) is 28.6 Å². The number of nitrogen functional groups attached to an aromatic ring is 1. The number of hydrogen-bond acceptors (Lipinski definition) is 19. The average Bonchev–Trinajstić information content (AvgIpc) is 3.79. The van der Waals surface area contributed by atoms with E-state index in [-0.39, 0.29) is 48.7 Å². The highest BCUT2D eigenvalue weighted by Gasteiger charge is 2.50. The molecule has 66 heavy (non-hydrogen) atoms. The lowest BCUT2D eigenvalue weighted by atomic mass is 9.87. The van der Waals surface area contributed by atoms with E-state index in [1.807, 2.05) is 0 Å². The van der Waals surface area contributed by atoms with E-state index in [9.17, 15) is 67.8 Å². The van der Waals surface area contributed by atoms with E-state index in [0.717, 1.165) is 54.7 Å². The van der Waals surface area contributed by atoms with Crippen LogP contribution in [0.1, 0.15) is 104 Å². The van der Waals surface area contributed by atoms with Crippen molar-refractivity contribution in [3.05, 3.63) is 12.7 Å². The lowest BCUT2D eigenvalue weighted by Crippen LogP contribution is -2.46. The van der Waals surface area contributed by atoms with Gasteiger partial charge in [0.1, 0.15) is 42.2 Å². The zero-order valence-electron chi connectivity index (χ0n) is 36.8. The number of amides is 2. The Morgan fingerprint density at radius 1 is 0.924 bits per heavy atom. The van der Waals surface area contributed by atoms with Gasteiger partial charge in [0, 0.05) is 30.7 Å². The van der Waals surface area contributed by atoms with Gasteiger partial charge in [0.05, 0.1) is 19.5 Å². The van der Waals surface area contributed by atoms with Crippen LogP contribution in [0, 0.1) is 11.3 Å². The number of aliphatic carboxylic acids is 1. The normalized spacial score (nSPS) is 20.6. The number of carboxylic acid groups (broad SMARTS) is 1. The molecule has 2 aromatic rings. The van der Waals surface area contributed by atoms with Gasteiger partial charge in [-0.05, 0) is 6.42 Å². The number of carbonyl (C=O) groups excluding carboxylic acids is 3. The molecule has 0 aliphatic carbocycles. The largest absolute Gasteiger partial charge is 0.481 e. The van der Waals surface area contributed by atoms with E-state index in [1.54, 1.807) is 0 Å². The van der Waals surface area contributed by atoms with E-state index in [1.165, 1.54) is 46.0 Å². The van der Waals surface area contributed by atoms with E-state index < -0.39 is 102 Å². The molecule has 3 rings (SSSR count). The van der Waals surface area contributed by atoms with Crippen LogP contribution in [0.3, 0.4) is 0 Å². The number of nitrogens with zero attached hydrogens (tertiary/aromatic N) is 4. The summed E-state index contributed by atoms with van der Waals surface area (Å²) in [5.74, 6) is -3.81. The van der Waals surface area contributed by atoms with E-state index in [2.05, 4.69) is 41.3 Å². The lowest BCUT2D eigenvalue weighted by Gasteiger charge is -2.30. The lowest BCUT2D eigenvalue weighted by molar-refractivity contribution is -0.144. The van der Waals surface area contributed by atoms with Crippen molar-refractivity contribution >= 4 is 75.1 Å². The summed E-state index contributed by atoms with van der Waals surface area (Å²) >= 11 is 0.807. The second-order valence-corrected chi connectivity index (χ2v) is 21.4. The first-order valence-corrected chi connectivity index (χ1v) is 26.7. The smallest absolute Gasteiger partial charge is 0.481 e. The molecule has 0 radical (unpaired) electrons. The second-order valence-electron chi connectivity index (χ2n) is 16.1. The van der Waals surface area contributed by atoms with Crippen LogP contribution in [0.2, 0.25) is 0 Å². The third kappa shape index (κ3) is 19.2. The number of carboxylic acids is 1. The number of aliphatic hydroxyl groups is 2. The summed E-state index contributed by atoms with van der Waals surface area (Å²) in [4.78, 5) is 100. The summed E-state index contributed by atoms with van der Waals surface area (Å²) in [6, 6.07) is 0. The third-order valence-electron chi connectivity index (χ3n) is 10.2. The molecule has 3 unspecified atom stereocenters. The number of rotatable bonds is 32.